The predicted octanol–water partition coefficient (Wildman–Crippen LogP) is 3.70. The number of hydrogen-bond acceptors (Lipinski definition) is 2. The lowest BCUT2D eigenvalue weighted by atomic mass is 10.1. The Kier molecular flexibility index (Phi) is 4.32. The van der Waals surface area contributed by atoms with Crippen molar-refractivity contribution in [2.75, 3.05) is 12.3 Å². The summed E-state index contributed by atoms with van der Waals surface area (Å²) in [6.45, 7) is 4.77. The number of nitrogens with two attached hydrogens (primary N) is 1. The maximum Gasteiger partial charge on any atom is 0.281 e. The number of halogens is 2. The van der Waals surface area contributed by atoms with E-state index in [-0.39, 0.29) is 6.42 Å². The van der Waals surface area contributed by atoms with Crippen molar-refractivity contribution in [3.63, 3.8) is 0 Å². The standard InChI is InChI=1S/C13H19F2NO/c1-4-5-13(14,15)8-17-12-7-9(2)11(16)6-10(12)3/h6-7H,4-5,8,16H2,1-3H3. The van der Waals surface area contributed by atoms with E-state index in [1.165, 1.54) is 0 Å². The summed E-state index contributed by atoms with van der Waals surface area (Å²) in [5.41, 5.74) is 7.98. The molecule has 0 aliphatic rings. The van der Waals surface area contributed by atoms with Gasteiger partial charge in [0.15, 0.2) is 6.61 Å². The van der Waals surface area contributed by atoms with Crippen LogP contribution < -0.4 is 10.5 Å². The van der Waals surface area contributed by atoms with Crippen LogP contribution in [0.25, 0.3) is 0 Å². The lowest BCUT2D eigenvalue weighted by Gasteiger charge is -2.18. The molecule has 0 spiro atoms. The summed E-state index contributed by atoms with van der Waals surface area (Å²) in [4.78, 5) is 0. The average Bonchev–Trinajstić information content (AvgIpc) is 2.21. The van der Waals surface area contributed by atoms with Crippen LogP contribution >= 0.6 is 0 Å². The second kappa shape index (κ2) is 5.34. The first-order valence-electron chi connectivity index (χ1n) is 5.73. The van der Waals surface area contributed by atoms with Crippen molar-refractivity contribution in [3.8, 4) is 5.75 Å². The Labute approximate surface area is 101 Å². The van der Waals surface area contributed by atoms with Crippen LogP contribution in [0.3, 0.4) is 0 Å². The molecule has 0 saturated carbocycles. The molecule has 0 fully saturated rings. The van der Waals surface area contributed by atoms with E-state index in [9.17, 15) is 8.78 Å². The van der Waals surface area contributed by atoms with E-state index in [4.69, 9.17) is 10.5 Å². The molecule has 96 valence electrons. The summed E-state index contributed by atoms with van der Waals surface area (Å²) in [6.07, 6.45) is 0.288. The van der Waals surface area contributed by atoms with E-state index in [2.05, 4.69) is 0 Å². The van der Waals surface area contributed by atoms with E-state index in [1.54, 1.807) is 26.0 Å². The van der Waals surface area contributed by atoms with Crippen LogP contribution in [-0.2, 0) is 0 Å². The van der Waals surface area contributed by atoms with Gasteiger partial charge in [-0.05, 0) is 37.1 Å². The summed E-state index contributed by atoms with van der Waals surface area (Å²) in [5, 5.41) is 0. The van der Waals surface area contributed by atoms with Crippen LogP contribution in [0.4, 0.5) is 14.5 Å². The van der Waals surface area contributed by atoms with Crippen molar-refractivity contribution in [1.29, 1.82) is 0 Å². The minimum Gasteiger partial charge on any atom is -0.487 e. The van der Waals surface area contributed by atoms with Gasteiger partial charge in [0, 0.05) is 12.1 Å². The first kappa shape index (κ1) is 13.7. The Morgan fingerprint density at radius 2 is 1.88 bits per heavy atom. The summed E-state index contributed by atoms with van der Waals surface area (Å²) in [5.74, 6) is -2.29. The minimum atomic E-state index is -2.77. The number of alkyl halides is 2. The van der Waals surface area contributed by atoms with E-state index in [0.29, 0.717) is 17.9 Å². The third-order valence-corrected chi connectivity index (χ3v) is 2.62. The van der Waals surface area contributed by atoms with Crippen molar-refractivity contribution in [2.45, 2.75) is 39.5 Å². The average molecular weight is 243 g/mol. The molecule has 0 aliphatic carbocycles. The van der Waals surface area contributed by atoms with E-state index in [0.717, 1.165) is 11.1 Å². The van der Waals surface area contributed by atoms with Gasteiger partial charge in [-0.25, -0.2) is 8.78 Å². The van der Waals surface area contributed by atoms with Crippen LogP contribution in [0.2, 0.25) is 0 Å². The van der Waals surface area contributed by atoms with Gasteiger partial charge in [-0.15, -0.1) is 0 Å². The van der Waals surface area contributed by atoms with Gasteiger partial charge in [0.05, 0.1) is 0 Å². The molecule has 0 atom stereocenters. The third kappa shape index (κ3) is 3.88. The molecule has 0 bridgehead atoms. The van der Waals surface area contributed by atoms with Gasteiger partial charge in [0.2, 0.25) is 0 Å². The highest BCUT2D eigenvalue weighted by Crippen LogP contribution is 2.27. The lowest BCUT2D eigenvalue weighted by molar-refractivity contribution is -0.0482. The van der Waals surface area contributed by atoms with Crippen LogP contribution in [0.1, 0.15) is 30.9 Å². The SMILES string of the molecule is CCCC(F)(F)COc1cc(C)c(N)cc1C. The van der Waals surface area contributed by atoms with Crippen molar-refractivity contribution < 1.29 is 13.5 Å². The molecule has 2 nitrogen and oxygen atoms in total. The molecular formula is C13H19F2NO. The Morgan fingerprint density at radius 1 is 1.24 bits per heavy atom. The minimum absolute atomic E-state index is 0.153. The number of nitrogen functional groups attached to an aromatic ring is 1. The van der Waals surface area contributed by atoms with E-state index < -0.39 is 12.5 Å². The number of rotatable bonds is 5. The van der Waals surface area contributed by atoms with Crippen molar-refractivity contribution in [2.24, 2.45) is 0 Å². The molecule has 0 saturated heterocycles. The summed E-state index contributed by atoms with van der Waals surface area (Å²) < 4.78 is 31.7. The zero-order valence-corrected chi connectivity index (χ0v) is 10.5. The maximum absolute atomic E-state index is 13.3. The van der Waals surface area contributed by atoms with Crippen molar-refractivity contribution in [1.82, 2.24) is 0 Å². The van der Waals surface area contributed by atoms with Gasteiger partial charge in [0.1, 0.15) is 5.75 Å². The zero-order valence-electron chi connectivity index (χ0n) is 10.5. The monoisotopic (exact) mass is 243 g/mol. The molecule has 2 N–H and O–H groups in total. The van der Waals surface area contributed by atoms with Crippen molar-refractivity contribution >= 4 is 5.69 Å². The Bertz CT molecular complexity index is 391. The van der Waals surface area contributed by atoms with E-state index >= 15 is 0 Å². The number of ether oxygens (including phenoxy) is 1. The second-order valence-electron chi connectivity index (χ2n) is 4.37. The number of anilines is 1. The largest absolute Gasteiger partial charge is 0.487 e. The van der Waals surface area contributed by atoms with Gasteiger partial charge >= 0.3 is 0 Å². The topological polar surface area (TPSA) is 35.2 Å². The molecule has 0 aromatic heterocycles. The molecular weight excluding hydrogens is 224 g/mol. The summed E-state index contributed by atoms with van der Waals surface area (Å²) in [7, 11) is 0. The fourth-order valence-corrected chi connectivity index (χ4v) is 1.59. The maximum atomic E-state index is 13.3. The lowest BCUT2D eigenvalue weighted by Crippen LogP contribution is -2.25. The first-order valence-corrected chi connectivity index (χ1v) is 5.73. The highest BCUT2D eigenvalue weighted by Gasteiger charge is 2.28. The fraction of sp³-hybridized carbons (Fsp3) is 0.538. The first-order chi connectivity index (χ1) is 7.85. The Hall–Kier alpha value is -1.32. The van der Waals surface area contributed by atoms with Gasteiger partial charge in [0.25, 0.3) is 5.92 Å². The quantitative estimate of drug-likeness (QED) is 0.800. The van der Waals surface area contributed by atoms with Crippen LogP contribution in [-0.4, -0.2) is 12.5 Å². The molecule has 1 rings (SSSR count). The zero-order chi connectivity index (χ0) is 13.1. The van der Waals surface area contributed by atoms with Gasteiger partial charge in [-0.2, -0.15) is 0 Å². The predicted molar refractivity (Wildman–Crippen MR) is 65.7 cm³/mol. The smallest absolute Gasteiger partial charge is 0.281 e. The molecule has 0 unspecified atom stereocenters. The fourth-order valence-electron chi connectivity index (χ4n) is 1.59. The molecule has 0 radical (unpaired) electrons. The summed E-state index contributed by atoms with van der Waals surface area (Å²) in [6, 6.07) is 3.44. The molecule has 1 aromatic carbocycles. The van der Waals surface area contributed by atoms with Crippen LogP contribution in [0.15, 0.2) is 12.1 Å². The molecule has 1 aromatic rings. The molecule has 4 heteroatoms. The number of hydrogen-bond donors (Lipinski definition) is 1. The molecule has 0 aliphatic heterocycles. The molecule has 0 heterocycles. The molecule has 0 amide bonds. The van der Waals surface area contributed by atoms with Gasteiger partial charge < -0.3 is 10.5 Å². The summed E-state index contributed by atoms with van der Waals surface area (Å²) >= 11 is 0. The van der Waals surface area contributed by atoms with Crippen molar-refractivity contribution in [3.05, 3.63) is 23.3 Å². The highest BCUT2D eigenvalue weighted by molar-refractivity contribution is 5.53. The Morgan fingerprint density at radius 3 is 2.47 bits per heavy atom. The van der Waals surface area contributed by atoms with Gasteiger partial charge in [-0.3, -0.25) is 0 Å². The number of benzene rings is 1. The highest BCUT2D eigenvalue weighted by atomic mass is 19.3. The van der Waals surface area contributed by atoms with Crippen LogP contribution in [0.5, 0.6) is 5.75 Å². The normalized spacial score (nSPS) is 11.6. The molecule has 17 heavy (non-hydrogen) atoms. The second-order valence-corrected chi connectivity index (χ2v) is 4.37. The Balaban J connectivity index is 2.73. The van der Waals surface area contributed by atoms with E-state index in [1.807, 2.05) is 6.92 Å². The van der Waals surface area contributed by atoms with Gasteiger partial charge in [-0.1, -0.05) is 13.3 Å². The van der Waals surface area contributed by atoms with Crippen LogP contribution in [0, 0.1) is 13.8 Å². The number of aryl methyl sites for hydroxylation is 2. The third-order valence-electron chi connectivity index (χ3n) is 2.62.